The minimum absolute atomic E-state index is 0.379. The summed E-state index contributed by atoms with van der Waals surface area (Å²) in [5.41, 5.74) is 7.85. The normalized spacial score (nSPS) is 24.8. The molecule has 102 valence electrons. The summed E-state index contributed by atoms with van der Waals surface area (Å²) in [5.74, 6) is 0.423. The third kappa shape index (κ3) is 2.10. The smallest absolute Gasteiger partial charge is 0.340 e. The molecule has 2 unspecified atom stereocenters. The molecule has 1 saturated carbocycles. The van der Waals surface area contributed by atoms with Crippen molar-refractivity contribution in [1.82, 2.24) is 0 Å². The van der Waals surface area contributed by atoms with E-state index in [1.165, 1.54) is 26.4 Å². The molecule has 0 radical (unpaired) electrons. The van der Waals surface area contributed by atoms with E-state index in [-0.39, 0.29) is 5.97 Å². The average molecular weight is 325 g/mol. The van der Waals surface area contributed by atoms with Gasteiger partial charge in [-0.15, -0.1) is 0 Å². The van der Waals surface area contributed by atoms with Gasteiger partial charge in [0.15, 0.2) is 0 Å². The van der Waals surface area contributed by atoms with Crippen molar-refractivity contribution < 1.29 is 9.53 Å². The van der Waals surface area contributed by atoms with Gasteiger partial charge in [-0.2, -0.15) is 0 Å². The highest BCUT2D eigenvalue weighted by Crippen LogP contribution is 2.43. The first-order valence-electron chi connectivity index (χ1n) is 6.54. The summed E-state index contributed by atoms with van der Waals surface area (Å²) in [5, 5.41) is 0. The molecule has 0 spiro atoms. The quantitative estimate of drug-likeness (QED) is 0.671. The summed E-state index contributed by atoms with van der Waals surface area (Å²) in [6.07, 6.45) is 3.84. The van der Waals surface area contributed by atoms with Crippen LogP contribution in [0.4, 0.5) is 11.4 Å². The van der Waals surface area contributed by atoms with Crippen molar-refractivity contribution in [3.05, 3.63) is 22.2 Å². The van der Waals surface area contributed by atoms with E-state index in [0.717, 1.165) is 22.6 Å². The van der Waals surface area contributed by atoms with Crippen LogP contribution < -0.4 is 10.6 Å². The minimum atomic E-state index is -0.379. The minimum Gasteiger partial charge on any atom is -0.465 e. The molecular weight excluding hydrogens is 308 g/mol. The number of rotatable bonds is 2. The molecule has 19 heavy (non-hydrogen) atoms. The van der Waals surface area contributed by atoms with Crippen LogP contribution in [-0.4, -0.2) is 25.7 Å². The number of nitrogens with two attached hydrogens (primary N) is 1. The van der Waals surface area contributed by atoms with Crippen LogP contribution in [0.3, 0.4) is 0 Å². The number of piperidine rings is 1. The van der Waals surface area contributed by atoms with E-state index in [1.54, 1.807) is 6.07 Å². The first-order valence-corrected chi connectivity index (χ1v) is 7.33. The Hall–Kier alpha value is -1.23. The van der Waals surface area contributed by atoms with Crippen LogP contribution in [0.2, 0.25) is 0 Å². The first kappa shape index (κ1) is 12.8. The largest absolute Gasteiger partial charge is 0.465 e. The molecule has 4 nitrogen and oxygen atoms in total. The van der Waals surface area contributed by atoms with Crippen molar-refractivity contribution in [3.63, 3.8) is 0 Å². The molecular formula is C14H17BrN2O2. The molecule has 1 saturated heterocycles. The number of hydrogen-bond donors (Lipinski definition) is 1. The number of fused-ring (bicyclic) bond motifs is 2. The van der Waals surface area contributed by atoms with Crippen molar-refractivity contribution in [2.45, 2.75) is 25.3 Å². The SMILES string of the molecule is COC(=O)c1cc(N2CC3CCC2C3)c(Br)cc1N. The number of halogens is 1. The fourth-order valence-corrected chi connectivity index (χ4v) is 3.89. The van der Waals surface area contributed by atoms with Gasteiger partial charge in [0.1, 0.15) is 0 Å². The van der Waals surface area contributed by atoms with E-state index in [2.05, 4.69) is 20.8 Å². The number of carbonyl (C=O) groups is 1. The van der Waals surface area contributed by atoms with E-state index >= 15 is 0 Å². The number of hydrogen-bond acceptors (Lipinski definition) is 4. The zero-order valence-electron chi connectivity index (χ0n) is 10.9. The van der Waals surface area contributed by atoms with E-state index in [9.17, 15) is 4.79 Å². The highest BCUT2D eigenvalue weighted by molar-refractivity contribution is 9.10. The van der Waals surface area contributed by atoms with Crippen molar-refractivity contribution in [2.75, 3.05) is 24.3 Å². The number of ether oxygens (including phenoxy) is 1. The molecule has 0 aromatic heterocycles. The third-order valence-corrected chi connectivity index (χ3v) is 4.88. The molecule has 1 aliphatic heterocycles. The summed E-state index contributed by atoms with van der Waals surface area (Å²) in [6.45, 7) is 1.08. The number of nitrogens with zero attached hydrogens (tertiary/aromatic N) is 1. The lowest BCUT2D eigenvalue weighted by Crippen LogP contribution is -2.32. The van der Waals surface area contributed by atoms with Gasteiger partial charge >= 0.3 is 5.97 Å². The number of esters is 1. The Balaban J connectivity index is 1.99. The molecule has 2 N–H and O–H groups in total. The van der Waals surface area contributed by atoms with Crippen LogP contribution in [0.1, 0.15) is 29.6 Å². The third-order valence-electron chi connectivity index (χ3n) is 4.24. The van der Waals surface area contributed by atoms with Crippen LogP contribution in [-0.2, 0) is 4.74 Å². The standard InChI is InChI=1S/C14H17BrN2O2/c1-19-14(18)10-5-13(11(15)6-12(10)16)17-7-8-2-3-9(17)4-8/h5-6,8-9H,2-4,7,16H2,1H3. The highest BCUT2D eigenvalue weighted by Gasteiger charge is 2.38. The Bertz CT molecular complexity index is 532. The molecule has 5 heteroatoms. The molecule has 2 atom stereocenters. The average Bonchev–Trinajstić information content (AvgIpc) is 3.00. The van der Waals surface area contributed by atoms with E-state index in [4.69, 9.17) is 10.5 Å². The van der Waals surface area contributed by atoms with Gasteiger partial charge in [0, 0.05) is 22.7 Å². The van der Waals surface area contributed by atoms with Gasteiger partial charge in [-0.25, -0.2) is 4.79 Å². The second-order valence-electron chi connectivity index (χ2n) is 5.37. The second kappa shape index (κ2) is 4.71. The summed E-state index contributed by atoms with van der Waals surface area (Å²) >= 11 is 3.56. The molecule has 1 aromatic carbocycles. The number of benzene rings is 1. The van der Waals surface area contributed by atoms with Crippen molar-refractivity contribution in [3.8, 4) is 0 Å². The molecule has 2 bridgehead atoms. The van der Waals surface area contributed by atoms with Gasteiger partial charge in [-0.1, -0.05) is 0 Å². The van der Waals surface area contributed by atoms with Crippen molar-refractivity contribution in [2.24, 2.45) is 5.92 Å². The lowest BCUT2D eigenvalue weighted by atomic mass is 10.1. The summed E-state index contributed by atoms with van der Waals surface area (Å²) < 4.78 is 5.73. The number of methoxy groups -OCH3 is 1. The predicted molar refractivity (Wildman–Crippen MR) is 78.4 cm³/mol. The predicted octanol–water partition coefficient (Wildman–Crippen LogP) is 2.81. The summed E-state index contributed by atoms with van der Waals surface area (Å²) in [6, 6.07) is 4.26. The Morgan fingerprint density at radius 1 is 1.47 bits per heavy atom. The Kier molecular flexibility index (Phi) is 3.17. The summed E-state index contributed by atoms with van der Waals surface area (Å²) in [4.78, 5) is 14.1. The highest BCUT2D eigenvalue weighted by atomic mass is 79.9. The van der Waals surface area contributed by atoms with Crippen LogP contribution in [0.15, 0.2) is 16.6 Å². The monoisotopic (exact) mass is 324 g/mol. The zero-order valence-corrected chi connectivity index (χ0v) is 12.4. The maximum absolute atomic E-state index is 11.7. The summed E-state index contributed by atoms with van der Waals surface area (Å²) in [7, 11) is 1.38. The van der Waals surface area contributed by atoms with Gasteiger partial charge in [0.05, 0.1) is 18.4 Å². The van der Waals surface area contributed by atoms with Crippen molar-refractivity contribution >= 4 is 33.3 Å². The van der Waals surface area contributed by atoms with Gasteiger partial charge < -0.3 is 15.4 Å². The zero-order chi connectivity index (χ0) is 13.6. The van der Waals surface area contributed by atoms with Crippen LogP contribution >= 0.6 is 15.9 Å². The number of anilines is 2. The number of nitrogen functional groups attached to an aromatic ring is 1. The molecule has 1 aliphatic carbocycles. The van der Waals surface area contributed by atoms with Crippen LogP contribution in [0.25, 0.3) is 0 Å². The topological polar surface area (TPSA) is 55.6 Å². The molecule has 2 fully saturated rings. The molecule has 0 amide bonds. The lowest BCUT2D eigenvalue weighted by molar-refractivity contribution is 0.0602. The Morgan fingerprint density at radius 3 is 2.84 bits per heavy atom. The molecule has 2 aliphatic rings. The van der Waals surface area contributed by atoms with Crippen LogP contribution in [0.5, 0.6) is 0 Å². The van der Waals surface area contributed by atoms with Gasteiger partial charge in [-0.05, 0) is 53.2 Å². The molecule has 3 rings (SSSR count). The number of carbonyl (C=O) groups excluding carboxylic acids is 1. The van der Waals surface area contributed by atoms with Gasteiger partial charge in [-0.3, -0.25) is 0 Å². The lowest BCUT2D eigenvalue weighted by Gasteiger charge is -2.30. The Labute approximate surface area is 121 Å². The fraction of sp³-hybridized carbons (Fsp3) is 0.500. The molecule has 1 aromatic rings. The van der Waals surface area contributed by atoms with Gasteiger partial charge in [0.2, 0.25) is 0 Å². The first-order chi connectivity index (χ1) is 9.10. The van der Waals surface area contributed by atoms with E-state index in [1.807, 2.05) is 6.07 Å². The maximum atomic E-state index is 11.7. The maximum Gasteiger partial charge on any atom is 0.340 e. The molecule has 1 heterocycles. The van der Waals surface area contributed by atoms with E-state index < -0.39 is 0 Å². The Morgan fingerprint density at radius 2 is 2.26 bits per heavy atom. The van der Waals surface area contributed by atoms with E-state index in [0.29, 0.717) is 17.3 Å². The van der Waals surface area contributed by atoms with Crippen LogP contribution in [0, 0.1) is 5.92 Å². The van der Waals surface area contributed by atoms with Gasteiger partial charge in [0.25, 0.3) is 0 Å². The van der Waals surface area contributed by atoms with Crippen molar-refractivity contribution in [1.29, 1.82) is 0 Å². The second-order valence-corrected chi connectivity index (χ2v) is 6.22. The fourth-order valence-electron chi connectivity index (χ4n) is 3.30.